The summed E-state index contributed by atoms with van der Waals surface area (Å²) in [6.07, 6.45) is 2.72. The number of phenols is 1. The Kier molecular flexibility index (Phi) is 5.81. The van der Waals surface area contributed by atoms with Crippen LogP contribution < -0.4 is 10.1 Å². The van der Waals surface area contributed by atoms with E-state index in [2.05, 4.69) is 10.3 Å². The Bertz CT molecular complexity index is 958. The number of aromatic hydroxyl groups is 1. The van der Waals surface area contributed by atoms with Crippen LogP contribution >= 0.6 is 11.6 Å². The van der Waals surface area contributed by atoms with Crippen molar-refractivity contribution < 1.29 is 14.6 Å². The summed E-state index contributed by atoms with van der Waals surface area (Å²) in [5, 5.41) is 15.0. The minimum absolute atomic E-state index is 0.00705. The van der Waals surface area contributed by atoms with Gasteiger partial charge in [-0.15, -0.1) is 0 Å². The number of benzene rings is 2. The maximum Gasteiger partial charge on any atom is 0.220 e. The van der Waals surface area contributed by atoms with Gasteiger partial charge in [-0.2, -0.15) is 0 Å². The number of hydrogen-bond donors (Lipinski definition) is 2. The van der Waals surface area contributed by atoms with Crippen LogP contribution in [0.4, 0.5) is 0 Å². The molecule has 27 heavy (non-hydrogen) atoms. The van der Waals surface area contributed by atoms with Crippen molar-refractivity contribution >= 4 is 28.4 Å². The molecule has 0 spiro atoms. The molecule has 2 N–H and O–H groups in total. The van der Waals surface area contributed by atoms with Gasteiger partial charge in [0.1, 0.15) is 17.0 Å². The van der Waals surface area contributed by atoms with Crippen molar-refractivity contribution in [3.63, 3.8) is 0 Å². The molecule has 6 heteroatoms. The van der Waals surface area contributed by atoms with E-state index >= 15 is 0 Å². The number of phenolic OH excluding ortho intramolecular Hbond substituents is 1. The van der Waals surface area contributed by atoms with Gasteiger partial charge in [0.15, 0.2) is 0 Å². The third kappa shape index (κ3) is 3.98. The second kappa shape index (κ2) is 8.27. The summed E-state index contributed by atoms with van der Waals surface area (Å²) in [6, 6.07) is 12.0. The molecule has 0 bridgehead atoms. The zero-order valence-corrected chi connectivity index (χ0v) is 16.0. The van der Waals surface area contributed by atoms with E-state index in [9.17, 15) is 9.90 Å². The van der Waals surface area contributed by atoms with E-state index in [0.717, 1.165) is 12.0 Å². The van der Waals surface area contributed by atoms with E-state index in [1.807, 2.05) is 31.2 Å². The molecular formula is C21H21ClN2O3. The maximum atomic E-state index is 12.3. The SMILES string of the molecule is CCCC(=O)N[C@@H](c1ccc(OC)cc1)c1cc(Cl)c2cccnc2c1O. The molecule has 140 valence electrons. The molecule has 0 aliphatic carbocycles. The number of nitrogens with one attached hydrogen (secondary N) is 1. The second-order valence-electron chi connectivity index (χ2n) is 6.22. The quantitative estimate of drug-likeness (QED) is 0.651. The summed E-state index contributed by atoms with van der Waals surface area (Å²) in [7, 11) is 1.59. The lowest BCUT2D eigenvalue weighted by atomic mass is 9.96. The first-order valence-electron chi connectivity index (χ1n) is 8.74. The van der Waals surface area contributed by atoms with Gasteiger partial charge in [0.25, 0.3) is 0 Å². The number of pyridine rings is 1. The first-order valence-corrected chi connectivity index (χ1v) is 9.12. The van der Waals surface area contributed by atoms with Crippen LogP contribution in [0, 0.1) is 0 Å². The first-order chi connectivity index (χ1) is 13.0. The highest BCUT2D eigenvalue weighted by molar-refractivity contribution is 6.35. The average Bonchev–Trinajstić information content (AvgIpc) is 2.69. The number of carbonyl (C=O) groups is 1. The average molecular weight is 385 g/mol. The Morgan fingerprint density at radius 3 is 2.70 bits per heavy atom. The molecule has 1 atom stereocenters. The van der Waals surface area contributed by atoms with E-state index < -0.39 is 6.04 Å². The van der Waals surface area contributed by atoms with Crippen LogP contribution in [0.3, 0.4) is 0 Å². The standard InChI is InChI=1S/C21H21ClN2O3/c1-3-5-18(25)24-19(13-7-9-14(27-2)10-8-13)16-12-17(22)15-6-4-11-23-20(15)21(16)26/h4,6-12,19,26H,3,5H2,1-2H3,(H,24,25)/t19-/m0/s1. The Morgan fingerprint density at radius 1 is 1.30 bits per heavy atom. The second-order valence-corrected chi connectivity index (χ2v) is 6.63. The number of aromatic nitrogens is 1. The number of nitrogens with zero attached hydrogens (tertiary/aromatic N) is 1. The van der Waals surface area contributed by atoms with Gasteiger partial charge in [-0.25, -0.2) is 0 Å². The number of amides is 1. The molecule has 1 heterocycles. The molecule has 0 saturated carbocycles. The minimum atomic E-state index is -0.557. The van der Waals surface area contributed by atoms with Crippen LogP contribution in [0.15, 0.2) is 48.7 Å². The molecule has 5 nitrogen and oxygen atoms in total. The number of ether oxygens (including phenoxy) is 1. The zero-order valence-electron chi connectivity index (χ0n) is 15.2. The monoisotopic (exact) mass is 384 g/mol. The topological polar surface area (TPSA) is 71.5 Å². The lowest BCUT2D eigenvalue weighted by Crippen LogP contribution is -2.29. The van der Waals surface area contributed by atoms with E-state index in [4.69, 9.17) is 16.3 Å². The van der Waals surface area contributed by atoms with E-state index in [0.29, 0.717) is 33.7 Å². The van der Waals surface area contributed by atoms with Gasteiger partial charge in [0, 0.05) is 23.6 Å². The third-order valence-electron chi connectivity index (χ3n) is 4.39. The lowest BCUT2D eigenvalue weighted by Gasteiger charge is -2.22. The molecule has 1 amide bonds. The number of halogens is 1. The molecule has 2 aromatic carbocycles. The highest BCUT2D eigenvalue weighted by atomic mass is 35.5. The largest absolute Gasteiger partial charge is 0.505 e. The van der Waals surface area contributed by atoms with Crippen molar-refractivity contribution in [3.8, 4) is 11.5 Å². The summed E-state index contributed by atoms with van der Waals surface area (Å²) in [5.41, 5.74) is 1.71. The van der Waals surface area contributed by atoms with E-state index in [-0.39, 0.29) is 11.7 Å². The van der Waals surface area contributed by atoms with E-state index in [1.165, 1.54) is 0 Å². The lowest BCUT2D eigenvalue weighted by molar-refractivity contribution is -0.121. The Balaban J connectivity index is 2.13. The smallest absolute Gasteiger partial charge is 0.220 e. The normalized spacial score (nSPS) is 12.0. The molecule has 3 aromatic rings. The molecule has 0 unspecified atom stereocenters. The Labute approximate surface area is 163 Å². The van der Waals surface area contributed by atoms with Gasteiger partial charge in [0.05, 0.1) is 18.2 Å². The molecule has 0 aliphatic heterocycles. The van der Waals surface area contributed by atoms with Crippen LogP contribution in [-0.4, -0.2) is 23.1 Å². The highest BCUT2D eigenvalue weighted by Crippen LogP contribution is 2.38. The zero-order chi connectivity index (χ0) is 19.4. The van der Waals surface area contributed by atoms with Crippen molar-refractivity contribution in [1.29, 1.82) is 0 Å². The van der Waals surface area contributed by atoms with Gasteiger partial charge in [-0.3, -0.25) is 9.78 Å². The van der Waals surface area contributed by atoms with Gasteiger partial charge in [0.2, 0.25) is 5.91 Å². The fourth-order valence-corrected chi connectivity index (χ4v) is 3.29. The summed E-state index contributed by atoms with van der Waals surface area (Å²) in [6.45, 7) is 1.94. The highest BCUT2D eigenvalue weighted by Gasteiger charge is 2.23. The molecule has 0 fully saturated rings. The van der Waals surface area contributed by atoms with Crippen LogP contribution in [0.25, 0.3) is 10.9 Å². The van der Waals surface area contributed by atoms with Crippen molar-refractivity contribution in [2.45, 2.75) is 25.8 Å². The van der Waals surface area contributed by atoms with Crippen molar-refractivity contribution in [2.24, 2.45) is 0 Å². The fraction of sp³-hybridized carbons (Fsp3) is 0.238. The van der Waals surface area contributed by atoms with Crippen LogP contribution in [-0.2, 0) is 4.79 Å². The molecule has 0 saturated heterocycles. The summed E-state index contributed by atoms with van der Waals surface area (Å²) in [4.78, 5) is 16.6. The predicted molar refractivity (Wildman–Crippen MR) is 106 cm³/mol. The summed E-state index contributed by atoms with van der Waals surface area (Å²) >= 11 is 6.43. The summed E-state index contributed by atoms with van der Waals surface area (Å²) < 4.78 is 5.21. The molecular weight excluding hydrogens is 364 g/mol. The maximum absolute atomic E-state index is 12.3. The number of methoxy groups -OCH3 is 1. The number of carbonyl (C=O) groups excluding carboxylic acids is 1. The van der Waals surface area contributed by atoms with Crippen LogP contribution in [0.5, 0.6) is 11.5 Å². The molecule has 3 rings (SSSR count). The van der Waals surface area contributed by atoms with Crippen molar-refractivity contribution in [1.82, 2.24) is 10.3 Å². The number of fused-ring (bicyclic) bond motifs is 1. The van der Waals surface area contributed by atoms with Gasteiger partial charge in [-0.05, 0) is 42.3 Å². The van der Waals surface area contributed by atoms with Crippen molar-refractivity contribution in [2.75, 3.05) is 7.11 Å². The van der Waals surface area contributed by atoms with Crippen LogP contribution in [0.2, 0.25) is 5.02 Å². The predicted octanol–water partition coefficient (Wildman–Crippen LogP) is 4.61. The number of rotatable bonds is 6. The molecule has 0 aliphatic rings. The van der Waals surface area contributed by atoms with Crippen LogP contribution in [0.1, 0.15) is 36.9 Å². The third-order valence-corrected chi connectivity index (χ3v) is 4.70. The fourth-order valence-electron chi connectivity index (χ4n) is 3.02. The van der Waals surface area contributed by atoms with Gasteiger partial charge >= 0.3 is 0 Å². The van der Waals surface area contributed by atoms with Gasteiger partial charge in [-0.1, -0.05) is 30.7 Å². The Morgan fingerprint density at radius 2 is 2.04 bits per heavy atom. The minimum Gasteiger partial charge on any atom is -0.505 e. The Hall–Kier alpha value is -2.79. The number of hydrogen-bond acceptors (Lipinski definition) is 4. The first kappa shape index (κ1) is 19.0. The molecule has 0 radical (unpaired) electrons. The van der Waals surface area contributed by atoms with Gasteiger partial charge < -0.3 is 15.2 Å². The van der Waals surface area contributed by atoms with Crippen molar-refractivity contribution in [3.05, 3.63) is 64.8 Å². The molecule has 1 aromatic heterocycles. The van der Waals surface area contributed by atoms with E-state index in [1.54, 1.807) is 31.5 Å². The summed E-state index contributed by atoms with van der Waals surface area (Å²) in [5.74, 6) is 0.613.